The summed E-state index contributed by atoms with van der Waals surface area (Å²) in [6.07, 6.45) is -4.20. The normalized spacial score (nSPS) is 12.2. The summed E-state index contributed by atoms with van der Waals surface area (Å²) in [5, 5.41) is 2.58. The Kier molecular flexibility index (Phi) is 7.38. The van der Waals surface area contributed by atoms with Crippen molar-refractivity contribution in [3.63, 3.8) is 0 Å². The summed E-state index contributed by atoms with van der Waals surface area (Å²) in [5.41, 5.74) is 5.94. The lowest BCUT2D eigenvalue weighted by molar-refractivity contribution is -0.153. The monoisotopic (exact) mass is 312 g/mol. The summed E-state index contributed by atoms with van der Waals surface area (Å²) in [6, 6.07) is 5.38. The van der Waals surface area contributed by atoms with Crippen LogP contribution in [0.1, 0.15) is 13.3 Å². The molecule has 0 radical (unpaired) electrons. The second-order valence-electron chi connectivity index (χ2n) is 4.16. The van der Waals surface area contributed by atoms with E-state index in [1.807, 2.05) is 0 Å². The molecule has 1 amide bonds. The molecule has 0 bridgehead atoms. The summed E-state index contributed by atoms with van der Waals surface area (Å²) < 4.78 is 40.3. The Hall–Kier alpha value is -1.47. The number of hydrogen-bond acceptors (Lipinski definition) is 3. The van der Waals surface area contributed by atoms with Gasteiger partial charge in [-0.15, -0.1) is 12.4 Å². The Morgan fingerprint density at radius 1 is 1.35 bits per heavy atom. The minimum atomic E-state index is -4.37. The van der Waals surface area contributed by atoms with E-state index in [-0.39, 0.29) is 36.5 Å². The Bertz CT molecular complexity index is 422. The summed E-state index contributed by atoms with van der Waals surface area (Å²) >= 11 is 0. The fourth-order valence-electron chi connectivity index (χ4n) is 1.30. The standard InChI is InChI=1S/C12H15F3N2O2.ClH/c1-8(16)6-11(18)17-9-2-4-10(5-3-9)19-7-12(13,14)15;/h2-5,8H,6-7,16H2,1H3,(H,17,18);1H. The van der Waals surface area contributed by atoms with Crippen molar-refractivity contribution >= 4 is 24.0 Å². The molecule has 1 atom stereocenters. The Morgan fingerprint density at radius 3 is 2.35 bits per heavy atom. The number of hydrogen-bond donors (Lipinski definition) is 2. The van der Waals surface area contributed by atoms with E-state index in [2.05, 4.69) is 10.1 Å². The van der Waals surface area contributed by atoms with E-state index in [9.17, 15) is 18.0 Å². The van der Waals surface area contributed by atoms with Gasteiger partial charge >= 0.3 is 6.18 Å². The predicted molar refractivity (Wildman–Crippen MR) is 72.1 cm³/mol. The highest BCUT2D eigenvalue weighted by Crippen LogP contribution is 2.20. The van der Waals surface area contributed by atoms with Gasteiger partial charge in [-0.1, -0.05) is 0 Å². The van der Waals surface area contributed by atoms with Gasteiger partial charge in [-0.05, 0) is 31.2 Å². The van der Waals surface area contributed by atoms with Gasteiger partial charge in [0.2, 0.25) is 5.91 Å². The van der Waals surface area contributed by atoms with Gasteiger partial charge in [-0.3, -0.25) is 4.79 Å². The molecular formula is C12H16ClF3N2O2. The largest absolute Gasteiger partial charge is 0.484 e. The zero-order valence-corrected chi connectivity index (χ0v) is 11.6. The quantitative estimate of drug-likeness (QED) is 0.878. The molecule has 0 fully saturated rings. The summed E-state index contributed by atoms with van der Waals surface area (Å²) in [6.45, 7) is 0.358. The topological polar surface area (TPSA) is 64.4 Å². The summed E-state index contributed by atoms with van der Waals surface area (Å²) in [5.74, 6) is -0.165. The first kappa shape index (κ1) is 18.5. The van der Waals surface area contributed by atoms with E-state index in [0.29, 0.717) is 5.69 Å². The van der Waals surface area contributed by atoms with Crippen molar-refractivity contribution in [2.24, 2.45) is 5.73 Å². The lowest BCUT2D eigenvalue weighted by Gasteiger charge is -2.10. The number of anilines is 1. The first-order valence-corrected chi connectivity index (χ1v) is 5.61. The maximum atomic E-state index is 11.9. The van der Waals surface area contributed by atoms with Crippen LogP contribution in [0.3, 0.4) is 0 Å². The number of benzene rings is 1. The third kappa shape index (κ3) is 7.85. The molecule has 8 heteroatoms. The van der Waals surface area contributed by atoms with Crippen molar-refractivity contribution in [1.82, 2.24) is 0 Å². The second kappa shape index (κ2) is 7.96. The summed E-state index contributed by atoms with van der Waals surface area (Å²) in [7, 11) is 0. The number of nitrogens with one attached hydrogen (secondary N) is 1. The van der Waals surface area contributed by atoms with Crippen LogP contribution in [0.2, 0.25) is 0 Å². The highest BCUT2D eigenvalue weighted by atomic mass is 35.5. The van der Waals surface area contributed by atoms with Gasteiger partial charge in [0.1, 0.15) is 5.75 Å². The molecule has 0 heterocycles. The Morgan fingerprint density at radius 2 is 1.90 bits per heavy atom. The van der Waals surface area contributed by atoms with Gasteiger partial charge in [0.25, 0.3) is 0 Å². The van der Waals surface area contributed by atoms with Crippen LogP contribution in [0.15, 0.2) is 24.3 Å². The number of amides is 1. The third-order valence-electron chi connectivity index (χ3n) is 2.05. The number of carbonyl (C=O) groups is 1. The molecule has 0 aromatic heterocycles. The van der Waals surface area contributed by atoms with E-state index in [1.165, 1.54) is 24.3 Å². The van der Waals surface area contributed by atoms with Crippen LogP contribution >= 0.6 is 12.4 Å². The van der Waals surface area contributed by atoms with E-state index >= 15 is 0 Å². The zero-order valence-electron chi connectivity index (χ0n) is 10.7. The molecule has 0 spiro atoms. The zero-order chi connectivity index (χ0) is 14.5. The van der Waals surface area contributed by atoms with E-state index < -0.39 is 12.8 Å². The van der Waals surface area contributed by atoms with E-state index in [1.54, 1.807) is 6.92 Å². The molecule has 0 aliphatic heterocycles. The van der Waals surface area contributed by atoms with Gasteiger partial charge < -0.3 is 15.8 Å². The fraction of sp³-hybridized carbons (Fsp3) is 0.417. The van der Waals surface area contributed by atoms with Gasteiger partial charge in [0, 0.05) is 18.2 Å². The number of carbonyl (C=O) groups excluding carboxylic acids is 1. The second-order valence-corrected chi connectivity index (χ2v) is 4.16. The predicted octanol–water partition coefficient (Wildman–Crippen LogP) is 2.73. The van der Waals surface area contributed by atoms with Crippen molar-refractivity contribution in [3.05, 3.63) is 24.3 Å². The van der Waals surface area contributed by atoms with Crippen molar-refractivity contribution in [2.45, 2.75) is 25.6 Å². The maximum absolute atomic E-state index is 11.9. The van der Waals surface area contributed by atoms with Crippen molar-refractivity contribution in [3.8, 4) is 5.75 Å². The van der Waals surface area contributed by atoms with Gasteiger partial charge in [0.15, 0.2) is 6.61 Å². The number of rotatable bonds is 5. The highest BCUT2D eigenvalue weighted by molar-refractivity contribution is 5.91. The van der Waals surface area contributed by atoms with Crippen LogP contribution in [0.5, 0.6) is 5.75 Å². The van der Waals surface area contributed by atoms with Crippen LogP contribution in [0.25, 0.3) is 0 Å². The van der Waals surface area contributed by atoms with Crippen LogP contribution in [0.4, 0.5) is 18.9 Å². The molecule has 3 N–H and O–H groups in total. The fourth-order valence-corrected chi connectivity index (χ4v) is 1.30. The number of nitrogens with two attached hydrogens (primary N) is 1. The maximum Gasteiger partial charge on any atom is 0.422 e. The smallest absolute Gasteiger partial charge is 0.422 e. The van der Waals surface area contributed by atoms with Crippen molar-refractivity contribution < 1.29 is 22.7 Å². The Balaban J connectivity index is 0.00000361. The highest BCUT2D eigenvalue weighted by Gasteiger charge is 2.28. The lowest BCUT2D eigenvalue weighted by atomic mass is 10.2. The van der Waals surface area contributed by atoms with Gasteiger partial charge in [0.05, 0.1) is 0 Å². The van der Waals surface area contributed by atoms with E-state index in [4.69, 9.17) is 5.73 Å². The Labute approximate surface area is 120 Å². The van der Waals surface area contributed by atoms with Crippen LogP contribution < -0.4 is 15.8 Å². The SMILES string of the molecule is CC(N)CC(=O)Nc1ccc(OCC(F)(F)F)cc1.Cl. The average Bonchev–Trinajstić information content (AvgIpc) is 2.26. The van der Waals surface area contributed by atoms with Crippen LogP contribution in [0, 0.1) is 0 Å². The summed E-state index contributed by atoms with van der Waals surface area (Å²) in [4.78, 5) is 11.4. The molecule has 114 valence electrons. The molecule has 0 aliphatic rings. The molecule has 0 aliphatic carbocycles. The molecule has 4 nitrogen and oxygen atoms in total. The van der Waals surface area contributed by atoms with Crippen LogP contribution in [-0.2, 0) is 4.79 Å². The third-order valence-corrected chi connectivity index (χ3v) is 2.05. The molecule has 1 aromatic carbocycles. The molecule has 1 unspecified atom stereocenters. The molecule has 20 heavy (non-hydrogen) atoms. The molecule has 1 rings (SSSR count). The molecule has 1 aromatic rings. The molecule has 0 saturated heterocycles. The van der Waals surface area contributed by atoms with Gasteiger partial charge in [-0.25, -0.2) is 0 Å². The minimum Gasteiger partial charge on any atom is -0.484 e. The lowest BCUT2D eigenvalue weighted by Crippen LogP contribution is -2.23. The average molecular weight is 313 g/mol. The number of alkyl halides is 3. The molecule has 0 saturated carbocycles. The van der Waals surface area contributed by atoms with Gasteiger partial charge in [-0.2, -0.15) is 13.2 Å². The molecular weight excluding hydrogens is 297 g/mol. The van der Waals surface area contributed by atoms with E-state index in [0.717, 1.165) is 0 Å². The van der Waals surface area contributed by atoms with Crippen molar-refractivity contribution in [1.29, 1.82) is 0 Å². The number of halogens is 4. The number of ether oxygens (including phenoxy) is 1. The van der Waals surface area contributed by atoms with Crippen LogP contribution in [-0.4, -0.2) is 24.7 Å². The first-order chi connectivity index (χ1) is 8.76. The van der Waals surface area contributed by atoms with Crippen molar-refractivity contribution in [2.75, 3.05) is 11.9 Å². The minimum absolute atomic E-state index is 0. The first-order valence-electron chi connectivity index (χ1n) is 5.61.